The van der Waals surface area contributed by atoms with Crippen LogP contribution in [0.1, 0.15) is 16.7 Å². The third kappa shape index (κ3) is 6.37. The molecule has 0 aliphatic carbocycles. The highest BCUT2D eigenvalue weighted by molar-refractivity contribution is 9.10. The maximum Gasteiger partial charge on any atom is 0.269 e. The molecule has 138 valence electrons. The van der Waals surface area contributed by atoms with Crippen molar-refractivity contribution in [3.63, 3.8) is 0 Å². The fourth-order valence-electron chi connectivity index (χ4n) is 2.34. The molecule has 2 aromatic carbocycles. The molecule has 0 aliphatic heterocycles. The fourth-order valence-corrected chi connectivity index (χ4v) is 5.22. The van der Waals surface area contributed by atoms with Gasteiger partial charge >= 0.3 is 0 Å². The topological polar surface area (TPSA) is 61.7 Å². The van der Waals surface area contributed by atoms with Crippen molar-refractivity contribution >= 4 is 49.1 Å². The van der Waals surface area contributed by atoms with Gasteiger partial charge in [0.15, 0.2) is 0 Å². The average molecular weight is 453 g/mol. The van der Waals surface area contributed by atoms with Gasteiger partial charge in [-0.15, -0.1) is 0 Å². The van der Waals surface area contributed by atoms with Crippen LogP contribution in [0, 0.1) is 13.8 Å². The molecule has 0 heterocycles. The predicted molar refractivity (Wildman–Crippen MR) is 114 cm³/mol. The van der Waals surface area contributed by atoms with E-state index in [1.54, 1.807) is 21.6 Å². The number of carbonyl (C=O) groups is 1. The van der Waals surface area contributed by atoms with E-state index in [-0.39, 0.29) is 18.0 Å². The van der Waals surface area contributed by atoms with E-state index in [2.05, 4.69) is 58.4 Å². The van der Waals surface area contributed by atoms with Crippen LogP contribution in [0.4, 0.5) is 0 Å². The van der Waals surface area contributed by atoms with Gasteiger partial charge in [0, 0.05) is 28.1 Å². The molecule has 7 heteroatoms. The number of nitrogens with one attached hydrogen (secondary N) is 1. The quantitative estimate of drug-likeness (QED) is 0.194. The number of hydrogen-bond acceptors (Lipinski definition) is 5. The van der Waals surface area contributed by atoms with E-state index in [4.69, 9.17) is 5.21 Å². The van der Waals surface area contributed by atoms with Crippen LogP contribution in [0.3, 0.4) is 0 Å². The van der Waals surface area contributed by atoms with Crippen LogP contribution in [-0.2, 0) is 11.2 Å². The molecule has 0 spiro atoms. The molecule has 0 aliphatic rings. The van der Waals surface area contributed by atoms with E-state index < -0.39 is 0 Å². The number of benzene rings is 2. The fraction of sp³-hybridized carbons (Fsp3) is 0.263. The first-order valence-corrected chi connectivity index (χ1v) is 11.2. The predicted octanol–water partition coefficient (Wildman–Crippen LogP) is 5.00. The zero-order chi connectivity index (χ0) is 18.9. The number of aryl methyl sites for hydroxylation is 2. The van der Waals surface area contributed by atoms with Gasteiger partial charge in [-0.05, 0) is 42.7 Å². The molecule has 0 atom stereocenters. The van der Waals surface area contributed by atoms with Gasteiger partial charge in [0.1, 0.15) is 5.71 Å². The monoisotopic (exact) mass is 452 g/mol. The summed E-state index contributed by atoms with van der Waals surface area (Å²) >= 11 is 3.39. The molecule has 0 saturated heterocycles. The highest BCUT2D eigenvalue weighted by atomic mass is 79.9. The molecule has 1 amide bonds. The van der Waals surface area contributed by atoms with Crippen molar-refractivity contribution in [1.82, 2.24) is 5.32 Å². The molecule has 2 aromatic rings. The minimum absolute atomic E-state index is 0.107. The largest absolute Gasteiger partial charge is 0.410 e. The molecule has 26 heavy (non-hydrogen) atoms. The van der Waals surface area contributed by atoms with Crippen LogP contribution in [0.2, 0.25) is 0 Å². The van der Waals surface area contributed by atoms with Crippen molar-refractivity contribution in [2.75, 3.05) is 12.3 Å². The van der Waals surface area contributed by atoms with E-state index in [1.807, 2.05) is 24.3 Å². The lowest BCUT2D eigenvalue weighted by Crippen LogP contribution is -2.33. The Balaban J connectivity index is 1.77. The van der Waals surface area contributed by atoms with Crippen LogP contribution in [-0.4, -0.2) is 29.1 Å². The van der Waals surface area contributed by atoms with Crippen LogP contribution in [0.25, 0.3) is 0 Å². The number of hydrogen-bond donors (Lipinski definition) is 2. The zero-order valence-corrected chi connectivity index (χ0v) is 17.9. The number of halogens is 1. The molecule has 0 fully saturated rings. The highest BCUT2D eigenvalue weighted by Crippen LogP contribution is 2.35. The van der Waals surface area contributed by atoms with E-state index in [9.17, 15) is 4.79 Å². The third-order valence-corrected chi connectivity index (χ3v) is 6.81. The van der Waals surface area contributed by atoms with Crippen molar-refractivity contribution in [2.24, 2.45) is 5.16 Å². The lowest BCUT2D eigenvalue weighted by atomic mass is 10.1. The third-order valence-electron chi connectivity index (χ3n) is 3.67. The Hall–Kier alpha value is -1.44. The second kappa shape index (κ2) is 10.6. The minimum atomic E-state index is -0.342. The molecule has 0 unspecified atom stereocenters. The summed E-state index contributed by atoms with van der Waals surface area (Å²) in [5.74, 6) is 0.421. The molecule has 0 aromatic heterocycles. The second-order valence-corrected chi connectivity index (χ2v) is 9.08. The SMILES string of the molecule is Cc1cccc(C)c1SSCCNC(=O)/C(Cc1cccc(Br)c1)=N/O. The first-order chi connectivity index (χ1) is 12.5. The maximum absolute atomic E-state index is 12.2. The summed E-state index contributed by atoms with van der Waals surface area (Å²) in [7, 11) is 3.42. The van der Waals surface area contributed by atoms with Crippen molar-refractivity contribution in [1.29, 1.82) is 0 Å². The Kier molecular flexibility index (Phi) is 8.54. The zero-order valence-electron chi connectivity index (χ0n) is 14.7. The lowest BCUT2D eigenvalue weighted by Gasteiger charge is -2.09. The molecule has 0 radical (unpaired) electrons. The maximum atomic E-state index is 12.2. The van der Waals surface area contributed by atoms with Gasteiger partial charge in [-0.25, -0.2) is 0 Å². The number of carbonyl (C=O) groups excluding carboxylic acids is 1. The Labute approximate surface area is 170 Å². The van der Waals surface area contributed by atoms with Gasteiger partial charge in [-0.3, -0.25) is 4.79 Å². The van der Waals surface area contributed by atoms with Gasteiger partial charge in [0.25, 0.3) is 5.91 Å². The molecule has 4 nitrogen and oxygen atoms in total. The molecule has 2 N–H and O–H groups in total. The molecular formula is C19H21BrN2O2S2. The Bertz CT molecular complexity index is 777. The van der Waals surface area contributed by atoms with Gasteiger partial charge in [-0.1, -0.05) is 73.0 Å². The van der Waals surface area contributed by atoms with Crippen LogP contribution >= 0.6 is 37.5 Å². The molecular weight excluding hydrogens is 432 g/mol. The van der Waals surface area contributed by atoms with E-state index in [0.29, 0.717) is 6.54 Å². The number of amides is 1. The minimum Gasteiger partial charge on any atom is -0.410 e. The first-order valence-electron chi connectivity index (χ1n) is 8.10. The van der Waals surface area contributed by atoms with Gasteiger partial charge in [-0.2, -0.15) is 0 Å². The van der Waals surface area contributed by atoms with Gasteiger partial charge in [0.05, 0.1) is 0 Å². The standard InChI is InChI=1S/C19H21BrN2O2S2/c1-13-5-3-6-14(2)18(13)26-25-10-9-21-19(23)17(22-24)12-15-7-4-8-16(20)11-15/h3-8,11,24H,9-10,12H2,1-2H3,(H,21,23)/b22-17+. The summed E-state index contributed by atoms with van der Waals surface area (Å²) in [5.41, 5.74) is 3.53. The van der Waals surface area contributed by atoms with Gasteiger partial charge < -0.3 is 10.5 Å². The summed E-state index contributed by atoms with van der Waals surface area (Å²) in [6.07, 6.45) is 0.284. The smallest absolute Gasteiger partial charge is 0.269 e. The molecule has 0 saturated carbocycles. The summed E-state index contributed by atoms with van der Waals surface area (Å²) in [4.78, 5) is 13.4. The van der Waals surface area contributed by atoms with Crippen molar-refractivity contribution in [2.45, 2.75) is 25.2 Å². The Morgan fingerprint density at radius 3 is 2.54 bits per heavy atom. The number of oxime groups is 1. The Morgan fingerprint density at radius 2 is 1.88 bits per heavy atom. The van der Waals surface area contributed by atoms with E-state index in [1.165, 1.54) is 16.0 Å². The van der Waals surface area contributed by atoms with Crippen LogP contribution < -0.4 is 5.32 Å². The van der Waals surface area contributed by atoms with Gasteiger partial charge in [0.2, 0.25) is 0 Å². The van der Waals surface area contributed by atoms with E-state index in [0.717, 1.165) is 15.8 Å². The highest BCUT2D eigenvalue weighted by Gasteiger charge is 2.13. The van der Waals surface area contributed by atoms with E-state index >= 15 is 0 Å². The summed E-state index contributed by atoms with van der Waals surface area (Å²) < 4.78 is 0.924. The summed E-state index contributed by atoms with van der Waals surface area (Å²) in [6, 6.07) is 13.8. The second-order valence-electron chi connectivity index (χ2n) is 5.74. The first kappa shape index (κ1) is 20.9. The van der Waals surface area contributed by atoms with Crippen molar-refractivity contribution in [3.8, 4) is 0 Å². The molecule has 2 rings (SSSR count). The average Bonchev–Trinajstić information content (AvgIpc) is 2.61. The lowest BCUT2D eigenvalue weighted by molar-refractivity contribution is -0.114. The van der Waals surface area contributed by atoms with Crippen molar-refractivity contribution < 1.29 is 10.0 Å². The normalized spacial score (nSPS) is 11.4. The van der Waals surface area contributed by atoms with Crippen LogP contribution in [0.5, 0.6) is 0 Å². The van der Waals surface area contributed by atoms with Crippen molar-refractivity contribution in [3.05, 3.63) is 63.6 Å². The van der Waals surface area contributed by atoms with Crippen LogP contribution in [0.15, 0.2) is 57.0 Å². The number of nitrogens with zero attached hydrogens (tertiary/aromatic N) is 1. The molecule has 0 bridgehead atoms. The summed E-state index contributed by atoms with van der Waals surface area (Å²) in [6.45, 7) is 4.71. The number of rotatable bonds is 8. The summed E-state index contributed by atoms with van der Waals surface area (Å²) in [5, 5.41) is 15.1. The Morgan fingerprint density at radius 1 is 1.19 bits per heavy atom.